The number of hydrogen-bond donors (Lipinski definition) is 3. The summed E-state index contributed by atoms with van der Waals surface area (Å²) in [4.78, 5) is 14.5. The maximum absolute atomic E-state index is 12.8. The van der Waals surface area contributed by atoms with Crippen LogP contribution < -0.4 is 0 Å². The van der Waals surface area contributed by atoms with Crippen LogP contribution in [0.4, 0.5) is 0 Å². The highest BCUT2D eigenvalue weighted by Crippen LogP contribution is 2.49. The van der Waals surface area contributed by atoms with E-state index in [1.165, 1.54) is 12.1 Å². The van der Waals surface area contributed by atoms with Crippen molar-refractivity contribution in [3.05, 3.63) is 53.1 Å². The van der Waals surface area contributed by atoms with E-state index in [0.717, 1.165) is 27.4 Å². The molecule has 2 aromatic carbocycles. The van der Waals surface area contributed by atoms with Gasteiger partial charge in [-0.05, 0) is 62.6 Å². The van der Waals surface area contributed by atoms with Crippen molar-refractivity contribution in [1.29, 1.82) is 0 Å². The highest BCUT2D eigenvalue weighted by Gasteiger charge is 2.50. The minimum Gasteiger partial charge on any atom is -0.507 e. The van der Waals surface area contributed by atoms with Crippen molar-refractivity contribution in [2.24, 2.45) is 0 Å². The van der Waals surface area contributed by atoms with Gasteiger partial charge in [-0.2, -0.15) is 0 Å². The Kier molecular flexibility index (Phi) is 3.48. The molecule has 0 saturated heterocycles. The van der Waals surface area contributed by atoms with Crippen LogP contribution in [0.5, 0.6) is 5.75 Å². The van der Waals surface area contributed by atoms with Crippen molar-refractivity contribution in [2.75, 3.05) is 0 Å². The molecule has 1 aromatic heterocycles. The summed E-state index contributed by atoms with van der Waals surface area (Å²) in [6, 6.07) is 10.7. The van der Waals surface area contributed by atoms with Crippen LogP contribution >= 0.6 is 0 Å². The number of carbonyl (C=O) groups is 1. The van der Waals surface area contributed by atoms with Gasteiger partial charge >= 0.3 is 5.97 Å². The first-order valence-electron chi connectivity index (χ1n) is 8.75. The van der Waals surface area contributed by atoms with Crippen molar-refractivity contribution in [3.8, 4) is 17.0 Å². The molecule has 1 aliphatic heterocycles. The van der Waals surface area contributed by atoms with Crippen LogP contribution in [-0.2, 0) is 16.3 Å². The second kappa shape index (κ2) is 5.34. The Labute approximate surface area is 156 Å². The number of benzene rings is 2. The number of carboxylic acids is 1. The Bertz CT molecular complexity index is 1090. The third-order valence-corrected chi connectivity index (χ3v) is 5.63. The van der Waals surface area contributed by atoms with Gasteiger partial charge in [0.2, 0.25) is 0 Å². The van der Waals surface area contributed by atoms with E-state index in [4.69, 9.17) is 0 Å². The van der Waals surface area contributed by atoms with Gasteiger partial charge in [0.1, 0.15) is 11.3 Å². The molecule has 4 rings (SSSR count). The number of H-pyrrole nitrogens is 1. The Morgan fingerprint density at radius 2 is 1.67 bits per heavy atom. The molecular formula is C21H21N2O4. The normalized spacial score (nSPS) is 18.0. The second-order valence-corrected chi connectivity index (χ2v) is 8.12. The number of nitrogens with zero attached hydrogens (tertiary/aromatic N) is 1. The fourth-order valence-corrected chi connectivity index (χ4v) is 4.17. The molecule has 0 fully saturated rings. The summed E-state index contributed by atoms with van der Waals surface area (Å²) in [6.45, 7) is 7.68. The van der Waals surface area contributed by atoms with E-state index in [1.807, 2.05) is 52.0 Å². The SMILES string of the molecule is CC1(C)c2ccc(-c3cc4cc(C(=O)O)c(O)cc4[nH]3)cc2C(C)(C)N1[O]. The van der Waals surface area contributed by atoms with Crippen molar-refractivity contribution < 1.29 is 20.2 Å². The van der Waals surface area contributed by atoms with Gasteiger partial charge in [-0.25, -0.2) is 4.79 Å². The number of nitrogens with one attached hydrogen (secondary N) is 1. The summed E-state index contributed by atoms with van der Waals surface area (Å²) >= 11 is 0. The van der Waals surface area contributed by atoms with Gasteiger partial charge in [-0.1, -0.05) is 12.1 Å². The average molecular weight is 365 g/mol. The number of carboxylic acid groups (broad SMARTS) is 1. The van der Waals surface area contributed by atoms with E-state index in [1.54, 1.807) is 0 Å². The number of aromatic carboxylic acids is 1. The summed E-state index contributed by atoms with van der Waals surface area (Å²) in [5.41, 5.74) is 2.97. The Morgan fingerprint density at radius 3 is 2.33 bits per heavy atom. The van der Waals surface area contributed by atoms with Crippen molar-refractivity contribution in [2.45, 2.75) is 38.8 Å². The van der Waals surface area contributed by atoms with Crippen LogP contribution in [0.25, 0.3) is 22.2 Å². The zero-order chi connectivity index (χ0) is 19.7. The molecule has 1 radical (unpaired) electrons. The van der Waals surface area contributed by atoms with Gasteiger partial charge in [0.15, 0.2) is 0 Å². The first-order chi connectivity index (χ1) is 12.5. The van der Waals surface area contributed by atoms with Crippen molar-refractivity contribution >= 4 is 16.9 Å². The number of phenols is 1. The molecule has 27 heavy (non-hydrogen) atoms. The van der Waals surface area contributed by atoms with Gasteiger partial charge in [0, 0.05) is 22.7 Å². The summed E-state index contributed by atoms with van der Waals surface area (Å²) in [5.74, 6) is -1.45. The van der Waals surface area contributed by atoms with E-state index in [0.29, 0.717) is 10.9 Å². The number of hydrogen-bond acceptors (Lipinski definition) is 3. The topological polar surface area (TPSA) is 96.5 Å². The van der Waals surface area contributed by atoms with Crippen LogP contribution in [0.15, 0.2) is 36.4 Å². The highest BCUT2D eigenvalue weighted by molar-refractivity contribution is 5.98. The molecule has 3 N–H and O–H groups in total. The van der Waals surface area contributed by atoms with E-state index in [9.17, 15) is 20.2 Å². The fraction of sp³-hybridized carbons (Fsp3) is 0.286. The lowest BCUT2D eigenvalue weighted by Crippen LogP contribution is -2.41. The molecule has 139 valence electrons. The fourth-order valence-electron chi connectivity index (χ4n) is 4.17. The predicted octanol–water partition coefficient (Wildman–Crippen LogP) is 4.37. The van der Waals surface area contributed by atoms with Crippen LogP contribution in [0.1, 0.15) is 49.2 Å². The van der Waals surface area contributed by atoms with Crippen LogP contribution in [0.2, 0.25) is 0 Å². The Hall–Kier alpha value is -2.83. The number of aromatic nitrogens is 1. The molecule has 0 amide bonds. The molecule has 6 heteroatoms. The molecule has 0 unspecified atom stereocenters. The lowest BCUT2D eigenvalue weighted by atomic mass is 9.89. The lowest BCUT2D eigenvalue weighted by Gasteiger charge is -2.32. The van der Waals surface area contributed by atoms with Gasteiger partial charge in [-0.3, -0.25) is 0 Å². The van der Waals surface area contributed by atoms with Gasteiger partial charge in [0.05, 0.1) is 11.1 Å². The van der Waals surface area contributed by atoms with E-state index >= 15 is 0 Å². The molecule has 0 atom stereocenters. The van der Waals surface area contributed by atoms with Crippen LogP contribution in [-0.4, -0.2) is 26.2 Å². The standard InChI is InChI=1S/C21H21N2O4/c1-20(2)14-6-5-11(8-15(14)21(3,4)23(20)27)16-9-12-7-13(19(25)26)18(24)10-17(12)22-16/h5-10,22,24H,1-4H3,(H,25,26). The number of hydroxylamine groups is 2. The molecule has 1 aliphatic rings. The molecule has 0 bridgehead atoms. The third kappa shape index (κ3) is 2.37. The van der Waals surface area contributed by atoms with E-state index in [-0.39, 0.29) is 11.3 Å². The summed E-state index contributed by atoms with van der Waals surface area (Å²) < 4.78 is 0. The molecule has 0 saturated carbocycles. The monoisotopic (exact) mass is 365 g/mol. The lowest BCUT2D eigenvalue weighted by molar-refractivity contribution is -0.266. The smallest absolute Gasteiger partial charge is 0.339 e. The number of aromatic amines is 1. The summed E-state index contributed by atoms with van der Waals surface area (Å²) in [6.07, 6.45) is 0. The maximum Gasteiger partial charge on any atom is 0.339 e. The summed E-state index contributed by atoms with van der Waals surface area (Å²) in [7, 11) is 0. The highest BCUT2D eigenvalue weighted by atomic mass is 16.5. The zero-order valence-corrected chi connectivity index (χ0v) is 15.6. The number of fused-ring (bicyclic) bond motifs is 2. The van der Waals surface area contributed by atoms with Crippen LogP contribution in [0, 0.1) is 0 Å². The van der Waals surface area contributed by atoms with Crippen molar-refractivity contribution in [3.63, 3.8) is 0 Å². The first kappa shape index (κ1) is 17.6. The largest absolute Gasteiger partial charge is 0.507 e. The van der Waals surface area contributed by atoms with Gasteiger partial charge in [0.25, 0.3) is 0 Å². The Morgan fingerprint density at radius 1 is 1.00 bits per heavy atom. The van der Waals surface area contributed by atoms with Gasteiger partial charge in [-0.15, -0.1) is 10.3 Å². The molecule has 0 aliphatic carbocycles. The van der Waals surface area contributed by atoms with Crippen molar-refractivity contribution in [1.82, 2.24) is 10.0 Å². The molecule has 0 spiro atoms. The minimum absolute atomic E-state index is 0.133. The predicted molar refractivity (Wildman–Crippen MR) is 101 cm³/mol. The molecule has 6 nitrogen and oxygen atoms in total. The third-order valence-electron chi connectivity index (χ3n) is 5.63. The first-order valence-corrected chi connectivity index (χ1v) is 8.75. The second-order valence-electron chi connectivity index (χ2n) is 8.12. The molecule has 2 heterocycles. The number of rotatable bonds is 2. The number of aromatic hydroxyl groups is 1. The van der Waals surface area contributed by atoms with Gasteiger partial charge < -0.3 is 15.2 Å². The molecule has 3 aromatic rings. The maximum atomic E-state index is 12.8. The van der Waals surface area contributed by atoms with Crippen LogP contribution in [0.3, 0.4) is 0 Å². The minimum atomic E-state index is -1.17. The molecular weight excluding hydrogens is 344 g/mol. The average Bonchev–Trinajstić information content (AvgIpc) is 3.06. The quantitative estimate of drug-likeness (QED) is 0.628. The zero-order valence-electron chi connectivity index (χ0n) is 15.6. The van der Waals surface area contributed by atoms with E-state index in [2.05, 4.69) is 4.98 Å². The summed E-state index contributed by atoms with van der Waals surface area (Å²) in [5, 5.41) is 33.7. The van der Waals surface area contributed by atoms with E-state index < -0.39 is 17.0 Å². The Balaban J connectivity index is 1.86.